The fraction of sp³-hybridized carbons (Fsp3) is 0.615. The van der Waals surface area contributed by atoms with Crippen molar-refractivity contribution in [3.8, 4) is 0 Å². The maximum Gasteiger partial charge on any atom is 0.0702 e. The number of nitrogens with one attached hydrogen (secondary N) is 1. The Kier molecular flexibility index (Phi) is 4.74. The largest absolute Gasteiger partial charge is 0.306 e. The highest BCUT2D eigenvalue weighted by Crippen LogP contribution is 2.21. The van der Waals surface area contributed by atoms with E-state index in [1.54, 1.807) is 0 Å². The lowest BCUT2D eigenvalue weighted by atomic mass is 10.1. The van der Waals surface area contributed by atoms with Crippen LogP contribution in [0, 0.1) is 0 Å². The van der Waals surface area contributed by atoms with Gasteiger partial charge in [0, 0.05) is 6.54 Å². The van der Waals surface area contributed by atoms with Crippen molar-refractivity contribution in [1.82, 2.24) is 15.1 Å². The topological polar surface area (TPSA) is 29.9 Å². The number of nitrogens with zero attached hydrogens (tertiary/aromatic N) is 2. The van der Waals surface area contributed by atoms with Crippen molar-refractivity contribution in [2.75, 3.05) is 6.54 Å². The molecule has 1 N–H and O–H groups in total. The van der Waals surface area contributed by atoms with Gasteiger partial charge in [-0.3, -0.25) is 4.68 Å². The molecule has 0 amide bonds. The summed E-state index contributed by atoms with van der Waals surface area (Å²) in [6, 6.07) is 2.41. The fourth-order valence-corrected chi connectivity index (χ4v) is 1.88. The number of aromatic nitrogens is 2. The zero-order valence-corrected chi connectivity index (χ0v) is 10.9. The molecule has 1 aromatic rings. The number of hydrogen-bond acceptors (Lipinski definition) is 2. The van der Waals surface area contributed by atoms with Crippen LogP contribution in [-0.2, 0) is 13.0 Å². The summed E-state index contributed by atoms with van der Waals surface area (Å²) in [6.45, 7) is 14.3. The van der Waals surface area contributed by atoms with E-state index in [2.05, 4.69) is 55.4 Å². The van der Waals surface area contributed by atoms with Gasteiger partial charge < -0.3 is 5.32 Å². The Hall–Kier alpha value is -1.09. The van der Waals surface area contributed by atoms with Crippen LogP contribution in [0.25, 0.3) is 0 Å². The van der Waals surface area contributed by atoms with E-state index in [1.807, 2.05) is 0 Å². The van der Waals surface area contributed by atoms with Crippen LogP contribution >= 0.6 is 0 Å². The second-order valence-electron chi connectivity index (χ2n) is 4.07. The van der Waals surface area contributed by atoms with Crippen LogP contribution in [0.3, 0.4) is 0 Å². The summed E-state index contributed by atoms with van der Waals surface area (Å²) in [6.07, 6.45) is 0.981. The number of rotatable bonds is 6. The first-order valence-corrected chi connectivity index (χ1v) is 6.09. The molecule has 1 heterocycles. The molecule has 0 aliphatic rings. The zero-order chi connectivity index (χ0) is 12.1. The molecule has 1 rings (SSSR count). The van der Waals surface area contributed by atoms with Crippen molar-refractivity contribution in [1.29, 1.82) is 0 Å². The summed E-state index contributed by atoms with van der Waals surface area (Å²) < 4.78 is 2.07. The molecule has 1 unspecified atom stereocenters. The van der Waals surface area contributed by atoms with E-state index in [0.29, 0.717) is 0 Å². The van der Waals surface area contributed by atoms with Gasteiger partial charge in [0.05, 0.1) is 17.4 Å². The van der Waals surface area contributed by atoms with Gasteiger partial charge in [-0.05, 0) is 32.9 Å². The highest BCUT2D eigenvalue weighted by Gasteiger charge is 2.16. The van der Waals surface area contributed by atoms with Crippen LogP contribution in [-0.4, -0.2) is 16.3 Å². The Morgan fingerprint density at radius 1 is 1.50 bits per heavy atom. The minimum absolute atomic E-state index is 0.220. The highest BCUT2D eigenvalue weighted by atomic mass is 15.3. The number of hydrogen-bond donors (Lipinski definition) is 1. The molecule has 0 bridgehead atoms. The van der Waals surface area contributed by atoms with Crippen molar-refractivity contribution in [3.05, 3.63) is 29.6 Å². The highest BCUT2D eigenvalue weighted by molar-refractivity contribution is 5.22. The van der Waals surface area contributed by atoms with Gasteiger partial charge in [-0.1, -0.05) is 26.0 Å². The Balaban J connectivity index is 3.06. The van der Waals surface area contributed by atoms with Crippen molar-refractivity contribution in [2.24, 2.45) is 0 Å². The minimum atomic E-state index is 0.220. The van der Waals surface area contributed by atoms with Crippen molar-refractivity contribution < 1.29 is 0 Å². The molecule has 0 saturated carbocycles. The van der Waals surface area contributed by atoms with Gasteiger partial charge >= 0.3 is 0 Å². The standard InChI is InChI=1S/C13H23N3/c1-6-11-9-12(16(8-3)15-11)13(10(4)5)14-7-2/h9,13-14H,4,6-8H2,1-3,5H3. The van der Waals surface area contributed by atoms with E-state index < -0.39 is 0 Å². The van der Waals surface area contributed by atoms with Gasteiger partial charge in [-0.15, -0.1) is 0 Å². The zero-order valence-electron chi connectivity index (χ0n) is 10.9. The first-order valence-electron chi connectivity index (χ1n) is 6.09. The molecule has 0 aromatic carbocycles. The van der Waals surface area contributed by atoms with E-state index >= 15 is 0 Å². The molecule has 0 radical (unpaired) electrons. The van der Waals surface area contributed by atoms with Crippen molar-refractivity contribution >= 4 is 0 Å². The van der Waals surface area contributed by atoms with Gasteiger partial charge in [-0.2, -0.15) is 5.10 Å². The molecular weight excluding hydrogens is 198 g/mol. The number of aryl methyl sites for hydroxylation is 2. The van der Waals surface area contributed by atoms with Gasteiger partial charge in [0.1, 0.15) is 0 Å². The minimum Gasteiger partial charge on any atom is -0.306 e. The predicted molar refractivity (Wildman–Crippen MR) is 68.5 cm³/mol. The van der Waals surface area contributed by atoms with Crippen LogP contribution < -0.4 is 5.32 Å². The van der Waals surface area contributed by atoms with Gasteiger partial charge in [0.15, 0.2) is 0 Å². The first kappa shape index (κ1) is 13.0. The second kappa shape index (κ2) is 5.85. The van der Waals surface area contributed by atoms with Crippen LogP contribution in [0.4, 0.5) is 0 Å². The van der Waals surface area contributed by atoms with Crippen molar-refractivity contribution in [2.45, 2.75) is 46.7 Å². The third-order valence-corrected chi connectivity index (χ3v) is 2.72. The SMILES string of the molecule is C=C(C)C(NCC)c1cc(CC)nn1CC. The molecule has 1 atom stereocenters. The van der Waals surface area contributed by atoms with E-state index in [-0.39, 0.29) is 6.04 Å². The Morgan fingerprint density at radius 3 is 2.62 bits per heavy atom. The van der Waals surface area contributed by atoms with Crippen LogP contribution in [0.1, 0.15) is 45.1 Å². The molecule has 16 heavy (non-hydrogen) atoms. The molecule has 90 valence electrons. The number of likely N-dealkylation sites (N-methyl/N-ethyl adjacent to an activating group) is 1. The molecule has 0 saturated heterocycles. The third kappa shape index (κ3) is 2.73. The summed E-state index contributed by atoms with van der Waals surface area (Å²) in [7, 11) is 0. The monoisotopic (exact) mass is 221 g/mol. The lowest BCUT2D eigenvalue weighted by Gasteiger charge is -2.18. The Morgan fingerprint density at radius 2 is 2.19 bits per heavy atom. The maximum absolute atomic E-state index is 4.57. The quantitative estimate of drug-likeness (QED) is 0.748. The Labute approximate surface area is 98.5 Å². The van der Waals surface area contributed by atoms with Crippen molar-refractivity contribution in [3.63, 3.8) is 0 Å². The summed E-state index contributed by atoms with van der Waals surface area (Å²) in [4.78, 5) is 0. The van der Waals surface area contributed by atoms with E-state index in [1.165, 1.54) is 5.69 Å². The summed E-state index contributed by atoms with van der Waals surface area (Å²) in [5.41, 5.74) is 3.52. The average Bonchev–Trinajstić information content (AvgIpc) is 2.68. The van der Waals surface area contributed by atoms with E-state index in [9.17, 15) is 0 Å². The Bertz CT molecular complexity index is 352. The molecule has 1 aromatic heterocycles. The third-order valence-electron chi connectivity index (χ3n) is 2.72. The van der Waals surface area contributed by atoms with Crippen LogP contribution in [0.15, 0.2) is 18.2 Å². The molecule has 0 fully saturated rings. The predicted octanol–water partition coefficient (Wildman–Crippen LogP) is 2.69. The van der Waals surface area contributed by atoms with Gasteiger partial charge in [0.25, 0.3) is 0 Å². The molecule has 0 spiro atoms. The summed E-state index contributed by atoms with van der Waals surface area (Å²) in [5.74, 6) is 0. The molecule has 3 heteroatoms. The first-order chi connectivity index (χ1) is 7.63. The van der Waals surface area contributed by atoms with E-state index in [0.717, 1.165) is 30.8 Å². The molecule has 0 aliphatic heterocycles. The lowest BCUT2D eigenvalue weighted by Crippen LogP contribution is -2.24. The van der Waals surface area contributed by atoms with Gasteiger partial charge in [0.2, 0.25) is 0 Å². The molecule has 0 aliphatic carbocycles. The lowest BCUT2D eigenvalue weighted by molar-refractivity contribution is 0.535. The normalized spacial score (nSPS) is 12.8. The summed E-state index contributed by atoms with van der Waals surface area (Å²) in [5, 5.41) is 8.02. The fourth-order valence-electron chi connectivity index (χ4n) is 1.88. The molecule has 3 nitrogen and oxygen atoms in total. The van der Waals surface area contributed by atoms with E-state index in [4.69, 9.17) is 0 Å². The van der Waals surface area contributed by atoms with Crippen LogP contribution in [0.5, 0.6) is 0 Å². The smallest absolute Gasteiger partial charge is 0.0702 e. The van der Waals surface area contributed by atoms with Gasteiger partial charge in [-0.25, -0.2) is 0 Å². The maximum atomic E-state index is 4.57. The average molecular weight is 221 g/mol. The van der Waals surface area contributed by atoms with Crippen LogP contribution in [0.2, 0.25) is 0 Å². The second-order valence-corrected chi connectivity index (χ2v) is 4.07. The molecular formula is C13H23N3. The summed E-state index contributed by atoms with van der Waals surface area (Å²) >= 11 is 0.